The van der Waals surface area contributed by atoms with Crippen molar-refractivity contribution in [1.29, 1.82) is 0 Å². The predicted molar refractivity (Wildman–Crippen MR) is 78.9 cm³/mol. The van der Waals surface area contributed by atoms with E-state index < -0.39 is 0 Å². The van der Waals surface area contributed by atoms with Gasteiger partial charge in [0, 0.05) is 16.0 Å². The topological polar surface area (TPSA) is 17.1 Å². The van der Waals surface area contributed by atoms with E-state index in [1.807, 2.05) is 25.1 Å². The third kappa shape index (κ3) is 2.69. The van der Waals surface area contributed by atoms with Gasteiger partial charge in [-0.05, 0) is 47.2 Å². The van der Waals surface area contributed by atoms with Crippen LogP contribution in [0.1, 0.15) is 54.9 Å². The molecule has 0 saturated heterocycles. The molecule has 2 unspecified atom stereocenters. The molecule has 2 rings (SSSR count). The summed E-state index contributed by atoms with van der Waals surface area (Å²) < 4.78 is 0.982. The minimum atomic E-state index is 0.238. The van der Waals surface area contributed by atoms with Gasteiger partial charge in [-0.25, -0.2) is 0 Å². The molecular formula is C16H21BrO. The maximum atomic E-state index is 12.7. The number of Topliss-reactive ketones (excluding diaryl/α,β-unsaturated/α-hetero) is 1. The molecule has 0 spiro atoms. The normalized spacial score (nSPS) is 23.9. The van der Waals surface area contributed by atoms with Gasteiger partial charge in [0.2, 0.25) is 0 Å². The zero-order chi connectivity index (χ0) is 13.1. The highest BCUT2D eigenvalue weighted by atomic mass is 79.9. The maximum absolute atomic E-state index is 12.7. The van der Waals surface area contributed by atoms with Gasteiger partial charge in [-0.15, -0.1) is 0 Å². The van der Waals surface area contributed by atoms with Crippen molar-refractivity contribution in [2.24, 2.45) is 11.8 Å². The SMILES string of the molecule is CCC1CCCCC1C(=O)c1cccc(C)c1Br. The van der Waals surface area contributed by atoms with Crippen LogP contribution >= 0.6 is 15.9 Å². The van der Waals surface area contributed by atoms with Crippen LogP contribution in [0, 0.1) is 18.8 Å². The fraction of sp³-hybridized carbons (Fsp3) is 0.562. The molecule has 1 aromatic carbocycles. The van der Waals surface area contributed by atoms with Gasteiger partial charge in [-0.2, -0.15) is 0 Å². The Morgan fingerprint density at radius 1 is 1.33 bits per heavy atom. The summed E-state index contributed by atoms with van der Waals surface area (Å²) in [6.45, 7) is 4.25. The van der Waals surface area contributed by atoms with Crippen molar-refractivity contribution in [3.05, 3.63) is 33.8 Å². The van der Waals surface area contributed by atoms with Gasteiger partial charge in [0.25, 0.3) is 0 Å². The van der Waals surface area contributed by atoms with E-state index in [9.17, 15) is 4.79 Å². The Kier molecular flexibility index (Phi) is 4.60. The van der Waals surface area contributed by atoms with E-state index in [4.69, 9.17) is 0 Å². The zero-order valence-electron chi connectivity index (χ0n) is 11.2. The number of hydrogen-bond acceptors (Lipinski definition) is 1. The molecule has 0 aliphatic heterocycles. The van der Waals surface area contributed by atoms with E-state index in [1.54, 1.807) is 0 Å². The van der Waals surface area contributed by atoms with Crippen molar-refractivity contribution < 1.29 is 4.79 Å². The van der Waals surface area contributed by atoms with Crippen LogP contribution in [-0.2, 0) is 0 Å². The lowest BCUT2D eigenvalue weighted by Gasteiger charge is -2.30. The van der Waals surface area contributed by atoms with Crippen molar-refractivity contribution in [3.63, 3.8) is 0 Å². The Bertz CT molecular complexity index is 439. The molecule has 0 bridgehead atoms. The molecule has 18 heavy (non-hydrogen) atoms. The second kappa shape index (κ2) is 6.01. The number of ketones is 1. The molecule has 0 aromatic heterocycles. The summed E-state index contributed by atoms with van der Waals surface area (Å²) in [7, 11) is 0. The third-order valence-electron chi connectivity index (χ3n) is 4.23. The van der Waals surface area contributed by atoms with Crippen LogP contribution in [0.5, 0.6) is 0 Å². The van der Waals surface area contributed by atoms with E-state index in [0.29, 0.717) is 11.7 Å². The van der Waals surface area contributed by atoms with Crippen molar-refractivity contribution in [3.8, 4) is 0 Å². The summed E-state index contributed by atoms with van der Waals surface area (Å²) >= 11 is 3.57. The second-order valence-corrected chi connectivity index (χ2v) is 6.15. The summed E-state index contributed by atoms with van der Waals surface area (Å²) in [6, 6.07) is 5.98. The van der Waals surface area contributed by atoms with Gasteiger partial charge in [0.05, 0.1) is 0 Å². The number of aryl methyl sites for hydroxylation is 1. The molecule has 98 valence electrons. The van der Waals surface area contributed by atoms with Crippen LogP contribution in [0.2, 0.25) is 0 Å². The van der Waals surface area contributed by atoms with E-state index in [2.05, 4.69) is 22.9 Å². The first-order valence-electron chi connectivity index (χ1n) is 6.94. The minimum Gasteiger partial charge on any atom is -0.294 e. The molecular weight excluding hydrogens is 288 g/mol. The highest BCUT2D eigenvalue weighted by Crippen LogP contribution is 2.36. The molecule has 0 radical (unpaired) electrons. The van der Waals surface area contributed by atoms with Crippen LogP contribution in [0.25, 0.3) is 0 Å². The van der Waals surface area contributed by atoms with Gasteiger partial charge < -0.3 is 0 Å². The van der Waals surface area contributed by atoms with Crippen LogP contribution < -0.4 is 0 Å². The first kappa shape index (κ1) is 13.8. The van der Waals surface area contributed by atoms with Gasteiger partial charge in [-0.1, -0.05) is 44.4 Å². The summed E-state index contributed by atoms with van der Waals surface area (Å²) in [5.74, 6) is 1.16. The number of carbonyl (C=O) groups excluding carboxylic acids is 1. The monoisotopic (exact) mass is 308 g/mol. The molecule has 2 heteroatoms. The molecule has 1 aliphatic rings. The van der Waals surface area contributed by atoms with Crippen molar-refractivity contribution in [1.82, 2.24) is 0 Å². The van der Waals surface area contributed by atoms with E-state index in [1.165, 1.54) is 19.3 Å². The zero-order valence-corrected chi connectivity index (χ0v) is 12.8. The lowest BCUT2D eigenvalue weighted by atomic mass is 9.74. The number of benzene rings is 1. The number of rotatable bonds is 3. The lowest BCUT2D eigenvalue weighted by molar-refractivity contribution is 0.0819. The maximum Gasteiger partial charge on any atom is 0.167 e. The van der Waals surface area contributed by atoms with Gasteiger partial charge in [-0.3, -0.25) is 4.79 Å². The summed E-state index contributed by atoms with van der Waals surface area (Å²) in [5, 5.41) is 0. The summed E-state index contributed by atoms with van der Waals surface area (Å²) in [6.07, 6.45) is 5.90. The van der Waals surface area contributed by atoms with Crippen molar-refractivity contribution in [2.45, 2.75) is 46.0 Å². The molecule has 1 aliphatic carbocycles. The smallest absolute Gasteiger partial charge is 0.167 e. The Morgan fingerprint density at radius 2 is 2.06 bits per heavy atom. The fourth-order valence-corrected chi connectivity index (χ4v) is 3.54. The van der Waals surface area contributed by atoms with E-state index in [0.717, 1.165) is 28.4 Å². The molecule has 1 aromatic rings. The first-order valence-corrected chi connectivity index (χ1v) is 7.73. The Balaban J connectivity index is 2.27. The Labute approximate surface area is 118 Å². The second-order valence-electron chi connectivity index (χ2n) is 5.36. The average Bonchev–Trinajstić information content (AvgIpc) is 2.41. The van der Waals surface area contributed by atoms with E-state index in [-0.39, 0.29) is 5.92 Å². The van der Waals surface area contributed by atoms with Gasteiger partial charge >= 0.3 is 0 Å². The molecule has 0 heterocycles. The van der Waals surface area contributed by atoms with Crippen LogP contribution in [0.15, 0.2) is 22.7 Å². The lowest BCUT2D eigenvalue weighted by Crippen LogP contribution is -2.27. The third-order valence-corrected chi connectivity index (χ3v) is 5.28. The molecule has 1 nitrogen and oxygen atoms in total. The molecule has 1 saturated carbocycles. The Morgan fingerprint density at radius 3 is 2.78 bits per heavy atom. The summed E-state index contributed by atoms with van der Waals surface area (Å²) in [5.41, 5.74) is 2.02. The van der Waals surface area contributed by atoms with Crippen molar-refractivity contribution >= 4 is 21.7 Å². The van der Waals surface area contributed by atoms with Crippen LogP contribution in [0.4, 0.5) is 0 Å². The number of hydrogen-bond donors (Lipinski definition) is 0. The van der Waals surface area contributed by atoms with Crippen LogP contribution in [-0.4, -0.2) is 5.78 Å². The summed E-state index contributed by atoms with van der Waals surface area (Å²) in [4.78, 5) is 12.7. The van der Waals surface area contributed by atoms with Crippen LogP contribution in [0.3, 0.4) is 0 Å². The number of carbonyl (C=O) groups is 1. The highest BCUT2D eigenvalue weighted by Gasteiger charge is 2.31. The quantitative estimate of drug-likeness (QED) is 0.705. The highest BCUT2D eigenvalue weighted by molar-refractivity contribution is 9.10. The standard InChI is InChI=1S/C16H21BrO/c1-3-12-8-4-5-9-13(12)16(18)14-10-6-7-11(2)15(14)17/h6-7,10,12-13H,3-5,8-9H2,1-2H3. The van der Waals surface area contributed by atoms with E-state index >= 15 is 0 Å². The minimum absolute atomic E-state index is 0.238. The molecule has 0 N–H and O–H groups in total. The predicted octanol–water partition coefficient (Wildman–Crippen LogP) is 5.16. The molecule has 0 amide bonds. The molecule has 2 atom stereocenters. The van der Waals surface area contributed by atoms with Crippen molar-refractivity contribution in [2.75, 3.05) is 0 Å². The average molecular weight is 309 g/mol. The number of halogens is 1. The first-order chi connectivity index (χ1) is 8.65. The fourth-order valence-electron chi connectivity index (χ4n) is 3.08. The van der Waals surface area contributed by atoms with Gasteiger partial charge in [0.15, 0.2) is 5.78 Å². The largest absolute Gasteiger partial charge is 0.294 e. The Hall–Kier alpha value is -0.630. The van der Waals surface area contributed by atoms with Gasteiger partial charge in [0.1, 0.15) is 0 Å². The molecule has 1 fully saturated rings.